The van der Waals surface area contributed by atoms with Crippen LogP contribution < -0.4 is 14.9 Å². The number of benzene rings is 1. The van der Waals surface area contributed by atoms with Crippen LogP contribution in [0.4, 0.5) is 0 Å². The fourth-order valence-electron chi connectivity index (χ4n) is 3.29. The van der Waals surface area contributed by atoms with Crippen molar-refractivity contribution >= 4 is 12.1 Å². The number of rotatable bonds is 3. The van der Waals surface area contributed by atoms with Gasteiger partial charge in [0.05, 0.1) is 0 Å². The van der Waals surface area contributed by atoms with Crippen molar-refractivity contribution in [1.29, 1.82) is 0 Å². The smallest absolute Gasteiger partial charge is 0.271 e. The normalized spacial score (nSPS) is 28.5. The molecule has 2 bridgehead atoms. The molecular weight excluding hydrogens is 268 g/mol. The van der Waals surface area contributed by atoms with E-state index in [1.54, 1.807) is 18.2 Å². The van der Waals surface area contributed by atoms with Gasteiger partial charge >= 0.3 is 0 Å². The molecule has 1 amide bonds. The third-order valence-corrected chi connectivity index (χ3v) is 4.40. The van der Waals surface area contributed by atoms with E-state index in [2.05, 4.69) is 22.7 Å². The van der Waals surface area contributed by atoms with E-state index in [0.717, 1.165) is 6.42 Å². The van der Waals surface area contributed by atoms with E-state index < -0.39 is 0 Å². The second-order valence-corrected chi connectivity index (χ2v) is 5.73. The molecular formula is C16H16N2O3. The van der Waals surface area contributed by atoms with E-state index in [0.29, 0.717) is 34.8 Å². The Morgan fingerprint density at radius 1 is 1.24 bits per heavy atom. The first-order valence-electron chi connectivity index (χ1n) is 7.21. The van der Waals surface area contributed by atoms with Crippen molar-refractivity contribution in [3.05, 3.63) is 35.9 Å². The van der Waals surface area contributed by atoms with Crippen LogP contribution in [0.2, 0.25) is 0 Å². The second-order valence-electron chi connectivity index (χ2n) is 5.73. The maximum atomic E-state index is 12.0. The molecule has 1 heterocycles. The third kappa shape index (κ3) is 2.28. The molecule has 2 aliphatic carbocycles. The third-order valence-electron chi connectivity index (χ3n) is 4.40. The molecule has 4 rings (SSSR count). The molecule has 1 aromatic rings. The number of ether oxygens (including phenoxy) is 2. The average Bonchev–Trinajstić information content (AvgIpc) is 3.22. The second kappa shape index (κ2) is 4.91. The van der Waals surface area contributed by atoms with Gasteiger partial charge in [-0.15, -0.1) is 0 Å². The Labute approximate surface area is 122 Å². The van der Waals surface area contributed by atoms with Crippen LogP contribution in [0.3, 0.4) is 0 Å². The van der Waals surface area contributed by atoms with Crippen LogP contribution in [0.25, 0.3) is 0 Å². The van der Waals surface area contributed by atoms with Crippen molar-refractivity contribution in [3.8, 4) is 11.5 Å². The Balaban J connectivity index is 1.38. The summed E-state index contributed by atoms with van der Waals surface area (Å²) >= 11 is 0. The minimum Gasteiger partial charge on any atom is -0.454 e. The molecule has 5 heteroatoms. The highest BCUT2D eigenvalue weighted by atomic mass is 16.7. The molecule has 108 valence electrons. The van der Waals surface area contributed by atoms with Crippen molar-refractivity contribution in [2.75, 3.05) is 6.79 Å². The molecule has 3 unspecified atom stereocenters. The molecule has 1 aromatic carbocycles. The van der Waals surface area contributed by atoms with Crippen LogP contribution in [0.5, 0.6) is 11.5 Å². The maximum absolute atomic E-state index is 12.0. The Bertz CT molecular complexity index is 638. The minimum atomic E-state index is -0.233. The summed E-state index contributed by atoms with van der Waals surface area (Å²) in [6.45, 7) is 0.205. The van der Waals surface area contributed by atoms with E-state index in [9.17, 15) is 4.79 Å². The van der Waals surface area contributed by atoms with Gasteiger partial charge in [-0.1, -0.05) is 12.2 Å². The lowest BCUT2D eigenvalue weighted by atomic mass is 9.95. The summed E-state index contributed by atoms with van der Waals surface area (Å²) < 4.78 is 10.5. The molecule has 1 saturated carbocycles. The van der Waals surface area contributed by atoms with Gasteiger partial charge in [0.15, 0.2) is 11.5 Å². The molecule has 0 aromatic heterocycles. The predicted molar refractivity (Wildman–Crippen MR) is 77.4 cm³/mol. The topological polar surface area (TPSA) is 59.9 Å². The Morgan fingerprint density at radius 3 is 2.95 bits per heavy atom. The molecule has 0 spiro atoms. The zero-order chi connectivity index (χ0) is 14.2. The highest BCUT2D eigenvalue weighted by Crippen LogP contribution is 2.42. The van der Waals surface area contributed by atoms with E-state index in [1.165, 1.54) is 6.42 Å². The SMILES string of the molecule is O=C(N/N=C/C1CC2C=CC1C2)c1ccc2c(c1)OCO2. The maximum Gasteiger partial charge on any atom is 0.271 e. The fourth-order valence-corrected chi connectivity index (χ4v) is 3.29. The lowest BCUT2D eigenvalue weighted by molar-refractivity contribution is 0.0954. The highest BCUT2D eigenvalue weighted by molar-refractivity contribution is 5.95. The predicted octanol–water partition coefficient (Wildman–Crippen LogP) is 2.34. The lowest BCUT2D eigenvalue weighted by Crippen LogP contribution is -2.19. The van der Waals surface area contributed by atoms with Gasteiger partial charge < -0.3 is 9.47 Å². The number of nitrogens with zero attached hydrogens (tertiary/aromatic N) is 1. The molecule has 1 fully saturated rings. The molecule has 0 radical (unpaired) electrons. The van der Waals surface area contributed by atoms with Crippen LogP contribution in [-0.2, 0) is 0 Å². The van der Waals surface area contributed by atoms with E-state index in [4.69, 9.17) is 9.47 Å². The number of fused-ring (bicyclic) bond motifs is 3. The molecule has 1 N–H and O–H groups in total. The average molecular weight is 284 g/mol. The zero-order valence-corrected chi connectivity index (χ0v) is 11.5. The number of nitrogens with one attached hydrogen (secondary N) is 1. The van der Waals surface area contributed by atoms with Gasteiger partial charge in [0.2, 0.25) is 6.79 Å². The monoisotopic (exact) mass is 284 g/mol. The first-order valence-corrected chi connectivity index (χ1v) is 7.21. The van der Waals surface area contributed by atoms with Gasteiger partial charge in [-0.25, -0.2) is 5.43 Å². The number of allylic oxidation sites excluding steroid dienone is 2. The van der Waals surface area contributed by atoms with Crippen LogP contribution in [0, 0.1) is 17.8 Å². The van der Waals surface area contributed by atoms with Gasteiger partial charge in [-0.2, -0.15) is 5.10 Å². The summed E-state index contributed by atoms with van der Waals surface area (Å²) in [5.74, 6) is 2.80. The minimum absolute atomic E-state index is 0.205. The van der Waals surface area contributed by atoms with Gasteiger partial charge in [0.25, 0.3) is 5.91 Å². The number of hydrogen-bond acceptors (Lipinski definition) is 4. The van der Waals surface area contributed by atoms with E-state index in [-0.39, 0.29) is 12.7 Å². The first-order chi connectivity index (χ1) is 10.3. The molecule has 3 aliphatic rings. The van der Waals surface area contributed by atoms with Crippen LogP contribution in [0.1, 0.15) is 23.2 Å². The zero-order valence-electron chi connectivity index (χ0n) is 11.5. The highest BCUT2D eigenvalue weighted by Gasteiger charge is 2.34. The Hall–Kier alpha value is -2.30. The molecule has 21 heavy (non-hydrogen) atoms. The van der Waals surface area contributed by atoms with Crippen LogP contribution in [-0.4, -0.2) is 18.9 Å². The van der Waals surface area contributed by atoms with Crippen molar-refractivity contribution in [2.45, 2.75) is 12.8 Å². The number of carbonyl (C=O) groups excluding carboxylic acids is 1. The fraction of sp³-hybridized carbons (Fsp3) is 0.375. The van der Waals surface area contributed by atoms with Gasteiger partial charge in [-0.05, 0) is 42.9 Å². The molecule has 5 nitrogen and oxygen atoms in total. The van der Waals surface area contributed by atoms with Crippen molar-refractivity contribution in [1.82, 2.24) is 5.43 Å². The molecule has 0 saturated heterocycles. The summed E-state index contributed by atoms with van der Waals surface area (Å²) in [6, 6.07) is 5.12. The van der Waals surface area contributed by atoms with Crippen molar-refractivity contribution in [2.24, 2.45) is 22.9 Å². The summed E-state index contributed by atoms with van der Waals surface area (Å²) in [4.78, 5) is 12.0. The first kappa shape index (κ1) is 12.4. The van der Waals surface area contributed by atoms with Gasteiger partial charge in [0.1, 0.15) is 0 Å². The van der Waals surface area contributed by atoms with Crippen LogP contribution >= 0.6 is 0 Å². The number of hydrogen-bond donors (Lipinski definition) is 1. The number of hydrazone groups is 1. The summed E-state index contributed by atoms with van der Waals surface area (Å²) in [5.41, 5.74) is 3.10. The summed E-state index contributed by atoms with van der Waals surface area (Å²) in [7, 11) is 0. The van der Waals surface area contributed by atoms with Crippen molar-refractivity contribution < 1.29 is 14.3 Å². The molecule has 1 aliphatic heterocycles. The molecule has 3 atom stereocenters. The summed E-state index contributed by atoms with van der Waals surface area (Å²) in [6.07, 6.45) is 8.81. The Morgan fingerprint density at radius 2 is 2.14 bits per heavy atom. The largest absolute Gasteiger partial charge is 0.454 e. The number of amides is 1. The van der Waals surface area contributed by atoms with E-state index >= 15 is 0 Å². The quantitative estimate of drug-likeness (QED) is 0.526. The van der Waals surface area contributed by atoms with Gasteiger partial charge in [0, 0.05) is 17.7 Å². The van der Waals surface area contributed by atoms with Crippen molar-refractivity contribution in [3.63, 3.8) is 0 Å². The van der Waals surface area contributed by atoms with Gasteiger partial charge in [-0.3, -0.25) is 4.79 Å². The van der Waals surface area contributed by atoms with E-state index in [1.807, 2.05) is 6.21 Å². The lowest BCUT2D eigenvalue weighted by Gasteiger charge is -2.11. The Kier molecular flexibility index (Phi) is 2.91. The summed E-state index contributed by atoms with van der Waals surface area (Å²) in [5, 5.41) is 4.11. The van der Waals surface area contributed by atoms with Crippen LogP contribution in [0.15, 0.2) is 35.5 Å². The standard InChI is InChI=1S/C16H16N2O3/c19-16(12-3-4-14-15(7-12)21-9-20-14)18-17-8-13-6-10-1-2-11(13)5-10/h1-4,7-8,10-11,13H,5-6,9H2,(H,18,19)/b17-8+. The number of carbonyl (C=O) groups is 1.